The third kappa shape index (κ3) is 3.59. The highest BCUT2D eigenvalue weighted by molar-refractivity contribution is 5.84. The molecule has 0 aromatic heterocycles. The van der Waals surface area contributed by atoms with E-state index in [1.165, 1.54) is 0 Å². The number of ketones is 1. The first-order chi connectivity index (χ1) is 9.02. The predicted octanol–water partition coefficient (Wildman–Crippen LogP) is 4.02. The van der Waals surface area contributed by atoms with Crippen LogP contribution >= 0.6 is 0 Å². The number of rotatable bonds is 4. The highest BCUT2D eigenvalue weighted by Crippen LogP contribution is 2.38. The molecule has 2 nitrogen and oxygen atoms in total. The van der Waals surface area contributed by atoms with Crippen molar-refractivity contribution in [3.63, 3.8) is 0 Å². The molecule has 2 heteroatoms. The quantitative estimate of drug-likeness (QED) is 0.817. The van der Waals surface area contributed by atoms with Crippen LogP contribution in [0.15, 0.2) is 24.3 Å². The zero-order valence-electron chi connectivity index (χ0n) is 12.2. The predicted molar refractivity (Wildman–Crippen MR) is 77.4 cm³/mol. The smallest absolute Gasteiger partial charge is 0.140 e. The minimum absolute atomic E-state index is 0.248. The molecule has 1 aliphatic rings. The van der Waals surface area contributed by atoms with Gasteiger partial charge in [0.05, 0.1) is 7.11 Å². The molecule has 0 unspecified atom stereocenters. The lowest BCUT2D eigenvalue weighted by Crippen LogP contribution is -2.27. The largest absolute Gasteiger partial charge is 0.496 e. The van der Waals surface area contributed by atoms with Crippen LogP contribution in [0, 0.1) is 11.3 Å². The normalized spacial score (nSPS) is 19.1. The van der Waals surface area contributed by atoms with Crippen molar-refractivity contribution in [3.05, 3.63) is 29.8 Å². The Morgan fingerprint density at radius 3 is 2.53 bits per heavy atom. The van der Waals surface area contributed by atoms with Gasteiger partial charge in [0.1, 0.15) is 11.5 Å². The highest BCUT2D eigenvalue weighted by atomic mass is 16.5. The number of carbonyl (C=O) groups is 1. The molecule has 0 heterocycles. The molecule has 2 rings (SSSR count). The second-order valence-electron chi connectivity index (χ2n) is 6.39. The van der Waals surface area contributed by atoms with Gasteiger partial charge in [0.2, 0.25) is 0 Å². The molecule has 0 amide bonds. The van der Waals surface area contributed by atoms with Gasteiger partial charge in [0.25, 0.3) is 0 Å². The van der Waals surface area contributed by atoms with Gasteiger partial charge in [-0.25, -0.2) is 0 Å². The maximum Gasteiger partial charge on any atom is 0.140 e. The monoisotopic (exact) mass is 260 g/mol. The van der Waals surface area contributed by atoms with E-state index in [0.717, 1.165) is 37.0 Å². The average molecular weight is 260 g/mol. The molecule has 0 spiro atoms. The van der Waals surface area contributed by atoms with Gasteiger partial charge in [0, 0.05) is 17.9 Å². The molecule has 104 valence electrons. The average Bonchev–Trinajstić information content (AvgIpc) is 2.39. The standard InChI is InChI=1S/C17H24O2/c1-17(2)10-8-13(9-11-17)15(18)12-14-6-4-5-7-16(14)19-3/h4-7,13H,8-12H2,1-3H3. The molecule has 0 radical (unpaired) electrons. The first-order valence-corrected chi connectivity index (χ1v) is 7.16. The molecular formula is C17H24O2. The fourth-order valence-electron chi connectivity index (χ4n) is 2.90. The molecule has 1 aromatic rings. The zero-order chi connectivity index (χ0) is 13.9. The van der Waals surface area contributed by atoms with Crippen LogP contribution in [0.3, 0.4) is 0 Å². The minimum Gasteiger partial charge on any atom is -0.496 e. The van der Waals surface area contributed by atoms with E-state index in [0.29, 0.717) is 17.6 Å². The lowest BCUT2D eigenvalue weighted by Gasteiger charge is -2.33. The number of Topliss-reactive ketones (excluding diaryl/α,β-unsaturated/α-hetero) is 1. The van der Waals surface area contributed by atoms with Gasteiger partial charge >= 0.3 is 0 Å². The number of para-hydroxylation sites is 1. The van der Waals surface area contributed by atoms with Crippen LogP contribution < -0.4 is 4.74 Å². The first-order valence-electron chi connectivity index (χ1n) is 7.16. The Bertz CT molecular complexity index is 438. The first kappa shape index (κ1) is 14.1. The number of carbonyl (C=O) groups excluding carboxylic acids is 1. The number of benzene rings is 1. The summed E-state index contributed by atoms with van der Waals surface area (Å²) in [7, 11) is 1.66. The van der Waals surface area contributed by atoms with Crippen molar-refractivity contribution in [2.45, 2.75) is 46.0 Å². The van der Waals surface area contributed by atoms with E-state index in [1.54, 1.807) is 7.11 Å². The van der Waals surface area contributed by atoms with E-state index < -0.39 is 0 Å². The van der Waals surface area contributed by atoms with Gasteiger partial charge in [-0.1, -0.05) is 32.0 Å². The Kier molecular flexibility index (Phi) is 4.28. The molecule has 1 aromatic carbocycles. The van der Waals surface area contributed by atoms with Crippen molar-refractivity contribution in [1.29, 1.82) is 0 Å². The van der Waals surface area contributed by atoms with Crippen molar-refractivity contribution >= 4 is 5.78 Å². The van der Waals surface area contributed by atoms with Gasteiger partial charge in [-0.3, -0.25) is 4.79 Å². The molecule has 0 saturated heterocycles. The van der Waals surface area contributed by atoms with E-state index in [1.807, 2.05) is 24.3 Å². The van der Waals surface area contributed by atoms with Crippen LogP contribution in [0.4, 0.5) is 0 Å². The summed E-state index contributed by atoms with van der Waals surface area (Å²) in [6, 6.07) is 7.82. The molecule has 0 bridgehead atoms. The summed E-state index contributed by atoms with van der Waals surface area (Å²) >= 11 is 0. The van der Waals surface area contributed by atoms with E-state index >= 15 is 0 Å². The van der Waals surface area contributed by atoms with Crippen LogP contribution in [-0.2, 0) is 11.2 Å². The fraction of sp³-hybridized carbons (Fsp3) is 0.588. The van der Waals surface area contributed by atoms with Crippen molar-refractivity contribution < 1.29 is 9.53 Å². The summed E-state index contributed by atoms with van der Waals surface area (Å²) in [4.78, 5) is 12.4. The number of hydrogen-bond acceptors (Lipinski definition) is 2. The summed E-state index contributed by atoms with van der Waals surface area (Å²) in [5.74, 6) is 1.45. The van der Waals surface area contributed by atoms with Gasteiger partial charge in [0.15, 0.2) is 0 Å². The van der Waals surface area contributed by atoms with Crippen LogP contribution in [0.1, 0.15) is 45.1 Å². The Hall–Kier alpha value is -1.31. The van der Waals surface area contributed by atoms with Crippen molar-refractivity contribution in [1.82, 2.24) is 0 Å². The van der Waals surface area contributed by atoms with E-state index in [4.69, 9.17) is 4.74 Å². The lowest BCUT2D eigenvalue weighted by molar-refractivity contribution is -0.123. The van der Waals surface area contributed by atoms with Crippen LogP contribution in [-0.4, -0.2) is 12.9 Å². The van der Waals surface area contributed by atoms with Crippen LogP contribution in [0.25, 0.3) is 0 Å². The van der Waals surface area contributed by atoms with E-state index in [2.05, 4.69) is 13.8 Å². The number of ether oxygens (including phenoxy) is 1. The molecule has 1 aliphatic carbocycles. The summed E-state index contributed by atoms with van der Waals surface area (Å²) in [6.45, 7) is 4.60. The molecule has 19 heavy (non-hydrogen) atoms. The fourth-order valence-corrected chi connectivity index (χ4v) is 2.90. The zero-order valence-corrected chi connectivity index (χ0v) is 12.2. The Morgan fingerprint density at radius 1 is 1.26 bits per heavy atom. The van der Waals surface area contributed by atoms with Crippen molar-refractivity contribution in [2.24, 2.45) is 11.3 Å². The Labute approximate surface area is 116 Å². The number of hydrogen-bond donors (Lipinski definition) is 0. The minimum atomic E-state index is 0.248. The third-order valence-electron chi connectivity index (χ3n) is 4.35. The Morgan fingerprint density at radius 2 is 1.89 bits per heavy atom. The van der Waals surface area contributed by atoms with E-state index in [-0.39, 0.29) is 5.92 Å². The second-order valence-corrected chi connectivity index (χ2v) is 6.39. The summed E-state index contributed by atoms with van der Waals surface area (Å²) in [5, 5.41) is 0. The molecule has 0 aliphatic heterocycles. The Balaban J connectivity index is 1.98. The third-order valence-corrected chi connectivity index (χ3v) is 4.35. The van der Waals surface area contributed by atoms with E-state index in [9.17, 15) is 4.79 Å². The molecular weight excluding hydrogens is 236 g/mol. The summed E-state index contributed by atoms with van der Waals surface area (Å²) < 4.78 is 5.31. The summed E-state index contributed by atoms with van der Waals surface area (Å²) in [5.41, 5.74) is 1.43. The van der Waals surface area contributed by atoms with Crippen molar-refractivity contribution in [2.75, 3.05) is 7.11 Å². The molecule has 0 N–H and O–H groups in total. The molecule has 0 atom stereocenters. The molecule has 1 saturated carbocycles. The van der Waals surface area contributed by atoms with Gasteiger partial charge in [-0.05, 0) is 37.2 Å². The van der Waals surface area contributed by atoms with Crippen molar-refractivity contribution in [3.8, 4) is 5.75 Å². The van der Waals surface area contributed by atoms with Gasteiger partial charge in [-0.15, -0.1) is 0 Å². The second kappa shape index (κ2) is 5.77. The number of methoxy groups -OCH3 is 1. The lowest BCUT2D eigenvalue weighted by atomic mass is 9.71. The maximum atomic E-state index is 12.4. The van der Waals surface area contributed by atoms with Crippen LogP contribution in [0.5, 0.6) is 5.75 Å². The van der Waals surface area contributed by atoms with Crippen LogP contribution in [0.2, 0.25) is 0 Å². The van der Waals surface area contributed by atoms with Gasteiger partial charge in [-0.2, -0.15) is 0 Å². The van der Waals surface area contributed by atoms with Gasteiger partial charge < -0.3 is 4.74 Å². The molecule has 1 fully saturated rings. The highest BCUT2D eigenvalue weighted by Gasteiger charge is 2.30. The maximum absolute atomic E-state index is 12.4. The summed E-state index contributed by atoms with van der Waals surface area (Å²) in [6.07, 6.45) is 4.92. The SMILES string of the molecule is COc1ccccc1CC(=O)C1CCC(C)(C)CC1. The topological polar surface area (TPSA) is 26.3 Å².